The Kier molecular flexibility index (Phi) is 5.51. The smallest absolute Gasteiger partial charge is 0.248 e. The number of aromatic nitrogens is 1. The largest absolute Gasteiger partial charge is 0.384 e. The molecule has 1 saturated heterocycles. The summed E-state index contributed by atoms with van der Waals surface area (Å²) in [5.41, 5.74) is 6.77. The average molecular weight is 353 g/mol. The van der Waals surface area contributed by atoms with Gasteiger partial charge in [-0.25, -0.2) is 13.8 Å². The van der Waals surface area contributed by atoms with Crippen LogP contribution in [0, 0.1) is 5.92 Å². The molecule has 1 aromatic rings. The fourth-order valence-electron chi connectivity index (χ4n) is 3.62. The van der Waals surface area contributed by atoms with Crippen molar-refractivity contribution >= 4 is 11.7 Å². The zero-order valence-corrected chi connectivity index (χ0v) is 14.3. The molecule has 2 fully saturated rings. The minimum absolute atomic E-state index is 0.0111. The van der Waals surface area contributed by atoms with E-state index in [0.717, 1.165) is 18.4 Å². The quantitative estimate of drug-likeness (QED) is 0.904. The third-order valence-corrected chi connectivity index (χ3v) is 5.12. The highest BCUT2D eigenvalue weighted by atomic mass is 19.3. The first-order chi connectivity index (χ1) is 11.9. The van der Waals surface area contributed by atoms with Gasteiger partial charge in [-0.1, -0.05) is 0 Å². The molecule has 25 heavy (non-hydrogen) atoms. The molecule has 2 heterocycles. The highest BCUT2D eigenvalue weighted by Gasteiger charge is 2.39. The van der Waals surface area contributed by atoms with Crippen molar-refractivity contribution in [2.24, 2.45) is 5.92 Å². The number of amides is 1. The van der Waals surface area contributed by atoms with Crippen molar-refractivity contribution in [2.75, 3.05) is 25.4 Å². The van der Waals surface area contributed by atoms with Crippen LogP contribution in [0.3, 0.4) is 0 Å². The molecule has 0 radical (unpaired) electrons. The monoisotopic (exact) mass is 353 g/mol. The summed E-state index contributed by atoms with van der Waals surface area (Å²) in [6.45, 7) is 1.58. The van der Waals surface area contributed by atoms with Gasteiger partial charge in [0.25, 0.3) is 0 Å². The Labute approximate surface area is 146 Å². The first-order valence-corrected chi connectivity index (χ1v) is 8.91. The highest BCUT2D eigenvalue weighted by molar-refractivity contribution is 5.79. The van der Waals surface area contributed by atoms with Gasteiger partial charge in [-0.3, -0.25) is 4.79 Å². The minimum atomic E-state index is -2.60. The maximum absolute atomic E-state index is 13.3. The van der Waals surface area contributed by atoms with E-state index in [2.05, 4.69) is 4.98 Å². The SMILES string of the molecule is Nc1cc(CC[C@@H]2CN(C(=O)C3CCC(F)(F)CC3)CCO2)ccn1. The fourth-order valence-corrected chi connectivity index (χ4v) is 3.62. The number of nitrogens with two attached hydrogens (primary N) is 1. The highest BCUT2D eigenvalue weighted by Crippen LogP contribution is 2.37. The van der Waals surface area contributed by atoms with E-state index < -0.39 is 5.92 Å². The van der Waals surface area contributed by atoms with Crippen molar-refractivity contribution in [3.63, 3.8) is 0 Å². The van der Waals surface area contributed by atoms with Crippen LogP contribution in [0.15, 0.2) is 18.3 Å². The van der Waals surface area contributed by atoms with Gasteiger partial charge >= 0.3 is 0 Å². The Balaban J connectivity index is 1.50. The van der Waals surface area contributed by atoms with Crippen molar-refractivity contribution in [1.82, 2.24) is 9.88 Å². The molecule has 0 unspecified atom stereocenters. The number of halogens is 2. The van der Waals surface area contributed by atoms with Crippen LogP contribution in [0.1, 0.15) is 37.7 Å². The van der Waals surface area contributed by atoms with Crippen LogP contribution in [-0.2, 0) is 16.0 Å². The van der Waals surface area contributed by atoms with E-state index in [1.165, 1.54) is 0 Å². The third kappa shape index (κ3) is 4.87. The number of carbonyl (C=O) groups excluding carboxylic acids is 1. The molecule has 0 bridgehead atoms. The lowest BCUT2D eigenvalue weighted by Crippen LogP contribution is -2.48. The van der Waals surface area contributed by atoms with Crippen LogP contribution in [0.2, 0.25) is 0 Å². The van der Waals surface area contributed by atoms with Crippen molar-refractivity contribution in [1.29, 1.82) is 0 Å². The Morgan fingerprint density at radius 1 is 1.40 bits per heavy atom. The molecule has 0 spiro atoms. The standard InChI is InChI=1S/C18H25F2N3O2/c19-18(20)6-3-14(4-7-18)17(24)23-9-10-25-15(12-23)2-1-13-5-8-22-16(21)11-13/h5,8,11,14-15H,1-4,6-7,9-10,12H2,(H2,21,22)/t15-/m1/s1. The van der Waals surface area contributed by atoms with Crippen molar-refractivity contribution in [3.05, 3.63) is 23.9 Å². The molecule has 5 nitrogen and oxygen atoms in total. The van der Waals surface area contributed by atoms with Gasteiger partial charge in [-0.15, -0.1) is 0 Å². The summed E-state index contributed by atoms with van der Waals surface area (Å²) in [6.07, 6.45) is 3.44. The summed E-state index contributed by atoms with van der Waals surface area (Å²) < 4.78 is 32.3. The summed E-state index contributed by atoms with van der Waals surface area (Å²) >= 11 is 0. The number of rotatable bonds is 4. The zero-order valence-electron chi connectivity index (χ0n) is 14.3. The van der Waals surface area contributed by atoms with E-state index in [1.54, 1.807) is 11.1 Å². The van der Waals surface area contributed by atoms with Gasteiger partial charge in [0, 0.05) is 38.0 Å². The summed E-state index contributed by atoms with van der Waals surface area (Å²) in [4.78, 5) is 18.4. The molecule has 1 aliphatic carbocycles. The van der Waals surface area contributed by atoms with Crippen molar-refractivity contribution in [2.45, 2.75) is 50.6 Å². The zero-order chi connectivity index (χ0) is 17.9. The second-order valence-electron chi connectivity index (χ2n) is 7.03. The minimum Gasteiger partial charge on any atom is -0.384 e. The number of hydrogen-bond donors (Lipinski definition) is 1. The van der Waals surface area contributed by atoms with E-state index >= 15 is 0 Å². The number of pyridine rings is 1. The maximum Gasteiger partial charge on any atom is 0.248 e. The first kappa shape index (κ1) is 18.0. The van der Waals surface area contributed by atoms with E-state index in [9.17, 15) is 13.6 Å². The summed E-state index contributed by atoms with van der Waals surface area (Å²) in [6, 6.07) is 3.76. The second kappa shape index (κ2) is 7.64. The molecule has 3 rings (SSSR count). The van der Waals surface area contributed by atoms with E-state index in [4.69, 9.17) is 10.5 Å². The van der Waals surface area contributed by atoms with Gasteiger partial charge in [-0.2, -0.15) is 0 Å². The number of carbonyl (C=O) groups is 1. The Morgan fingerprint density at radius 2 is 2.16 bits per heavy atom. The maximum atomic E-state index is 13.3. The van der Waals surface area contributed by atoms with Gasteiger partial charge in [0.15, 0.2) is 0 Å². The van der Waals surface area contributed by atoms with Gasteiger partial charge in [0.1, 0.15) is 5.82 Å². The van der Waals surface area contributed by atoms with Gasteiger partial charge in [0.2, 0.25) is 11.8 Å². The van der Waals surface area contributed by atoms with Crippen molar-refractivity contribution < 1.29 is 18.3 Å². The van der Waals surface area contributed by atoms with E-state index in [1.807, 2.05) is 12.1 Å². The average Bonchev–Trinajstić information content (AvgIpc) is 2.60. The van der Waals surface area contributed by atoms with E-state index in [-0.39, 0.29) is 43.6 Å². The number of hydrogen-bond acceptors (Lipinski definition) is 4. The van der Waals surface area contributed by atoms with Crippen LogP contribution < -0.4 is 5.73 Å². The number of anilines is 1. The van der Waals surface area contributed by atoms with E-state index in [0.29, 0.717) is 25.5 Å². The number of nitrogens with zero attached hydrogens (tertiary/aromatic N) is 2. The molecule has 1 aromatic heterocycles. The van der Waals surface area contributed by atoms with Crippen LogP contribution in [0.4, 0.5) is 14.6 Å². The van der Waals surface area contributed by atoms with Crippen LogP contribution in [0.25, 0.3) is 0 Å². The number of morpholine rings is 1. The molecule has 1 saturated carbocycles. The fraction of sp³-hybridized carbons (Fsp3) is 0.667. The van der Waals surface area contributed by atoms with Gasteiger partial charge in [-0.05, 0) is 43.4 Å². The molecule has 2 N–H and O–H groups in total. The molecule has 0 aromatic carbocycles. The molecular formula is C18H25F2N3O2. The van der Waals surface area contributed by atoms with Gasteiger partial charge < -0.3 is 15.4 Å². The van der Waals surface area contributed by atoms with Gasteiger partial charge in [0.05, 0.1) is 12.7 Å². The topological polar surface area (TPSA) is 68.5 Å². The molecular weight excluding hydrogens is 328 g/mol. The molecule has 2 aliphatic rings. The lowest BCUT2D eigenvalue weighted by molar-refractivity contribution is -0.147. The Hall–Kier alpha value is -1.76. The number of aryl methyl sites for hydroxylation is 1. The second-order valence-corrected chi connectivity index (χ2v) is 7.03. The van der Waals surface area contributed by atoms with Crippen LogP contribution >= 0.6 is 0 Å². The summed E-state index contributed by atoms with van der Waals surface area (Å²) in [7, 11) is 0. The van der Waals surface area contributed by atoms with Crippen molar-refractivity contribution in [3.8, 4) is 0 Å². The summed E-state index contributed by atoms with van der Waals surface area (Å²) in [5.74, 6) is -2.36. The number of ether oxygens (including phenoxy) is 1. The lowest BCUT2D eigenvalue weighted by atomic mass is 9.85. The molecule has 7 heteroatoms. The number of alkyl halides is 2. The molecule has 138 valence electrons. The normalized spacial score (nSPS) is 24.2. The summed E-state index contributed by atoms with van der Waals surface area (Å²) in [5, 5.41) is 0. The Bertz CT molecular complexity index is 602. The van der Waals surface area contributed by atoms with Crippen LogP contribution in [0.5, 0.6) is 0 Å². The lowest BCUT2D eigenvalue weighted by Gasteiger charge is -2.37. The Morgan fingerprint density at radius 3 is 2.88 bits per heavy atom. The molecule has 1 atom stereocenters. The molecule has 1 amide bonds. The third-order valence-electron chi connectivity index (χ3n) is 5.12. The first-order valence-electron chi connectivity index (χ1n) is 8.91. The predicted molar refractivity (Wildman–Crippen MR) is 90.2 cm³/mol. The number of nitrogen functional groups attached to an aromatic ring is 1. The molecule has 1 aliphatic heterocycles. The predicted octanol–water partition coefficient (Wildman–Crippen LogP) is 2.65. The van der Waals surface area contributed by atoms with Crippen LogP contribution in [-0.4, -0.2) is 47.5 Å².